The van der Waals surface area contributed by atoms with E-state index in [0.717, 1.165) is 0 Å². The Hall–Kier alpha value is -0.180. The van der Waals surface area contributed by atoms with Gasteiger partial charge in [-0.25, -0.2) is 4.57 Å². The van der Waals surface area contributed by atoms with Crippen molar-refractivity contribution in [3.05, 3.63) is 0 Å². The standard InChI is InChI=1S/2C6H15N.C2H4F3O4P/c2*1-3-5-7-6-4-2;3-2(4,5)1-9-10(6,7)8/h2*7H,3-6H2,1-2H3;1H2,(H2,6,7,8). The fourth-order valence-electron chi connectivity index (χ4n) is 1.11. The molecule has 0 radical (unpaired) electrons. The lowest BCUT2D eigenvalue weighted by molar-refractivity contribution is -0.156. The maximum Gasteiger partial charge on any atom is 0.469 e. The van der Waals surface area contributed by atoms with Gasteiger partial charge in [-0.1, -0.05) is 27.7 Å². The summed E-state index contributed by atoms with van der Waals surface area (Å²) in [7, 11) is -4.98. The van der Waals surface area contributed by atoms with Crippen LogP contribution in [-0.2, 0) is 9.09 Å². The average Bonchev–Trinajstić information content (AvgIpc) is 2.47. The Bertz CT molecular complexity index is 272. The molecule has 0 aliphatic carbocycles. The first kappa shape index (κ1) is 28.6. The van der Waals surface area contributed by atoms with Gasteiger partial charge in [0.25, 0.3) is 0 Å². The van der Waals surface area contributed by atoms with E-state index in [2.05, 4.69) is 42.9 Å². The molecule has 0 unspecified atom stereocenters. The topological polar surface area (TPSA) is 90.8 Å². The Morgan fingerprint density at radius 2 is 1.12 bits per heavy atom. The number of phosphoric ester groups is 1. The molecule has 0 rings (SSSR count). The van der Waals surface area contributed by atoms with Crippen molar-refractivity contribution in [3.8, 4) is 0 Å². The molecular weight excluding hydrogens is 348 g/mol. The van der Waals surface area contributed by atoms with Crippen LogP contribution in [0.25, 0.3) is 0 Å². The molecule has 0 aromatic heterocycles. The van der Waals surface area contributed by atoms with Gasteiger partial charge in [0.05, 0.1) is 0 Å². The zero-order valence-corrected chi connectivity index (χ0v) is 16.1. The lowest BCUT2D eigenvalue weighted by atomic mass is 10.4. The lowest BCUT2D eigenvalue weighted by Crippen LogP contribution is -2.15. The Balaban J connectivity index is -0.000000283. The fraction of sp³-hybridized carbons (Fsp3) is 1.00. The minimum absolute atomic E-state index is 1.17. The third kappa shape index (κ3) is 43.1. The Morgan fingerprint density at radius 3 is 1.25 bits per heavy atom. The molecule has 0 atom stereocenters. The predicted molar refractivity (Wildman–Crippen MR) is 91.0 cm³/mol. The van der Waals surface area contributed by atoms with Gasteiger partial charge in [0, 0.05) is 0 Å². The fourth-order valence-corrected chi connectivity index (χ4v) is 1.43. The van der Waals surface area contributed by atoms with Crippen LogP contribution in [0, 0.1) is 0 Å². The first-order valence-electron chi connectivity index (χ1n) is 8.22. The monoisotopic (exact) mass is 382 g/mol. The highest BCUT2D eigenvalue weighted by molar-refractivity contribution is 7.46. The van der Waals surface area contributed by atoms with Crippen LogP contribution in [-0.4, -0.2) is 48.7 Å². The third-order valence-electron chi connectivity index (χ3n) is 2.10. The summed E-state index contributed by atoms with van der Waals surface area (Å²) in [6, 6.07) is 0. The van der Waals surface area contributed by atoms with Crippen LogP contribution in [0.1, 0.15) is 53.4 Å². The van der Waals surface area contributed by atoms with E-state index in [4.69, 9.17) is 9.79 Å². The second kappa shape index (κ2) is 19.1. The molecule has 0 saturated heterocycles. The highest BCUT2D eigenvalue weighted by atomic mass is 31.2. The predicted octanol–water partition coefficient (Wildman–Crippen LogP) is 3.45. The maximum absolute atomic E-state index is 11.1. The van der Waals surface area contributed by atoms with Crippen molar-refractivity contribution in [3.63, 3.8) is 0 Å². The van der Waals surface area contributed by atoms with Crippen LogP contribution in [0.15, 0.2) is 0 Å². The summed E-state index contributed by atoms with van der Waals surface area (Å²) in [6.07, 6.45) is 0.293. The Labute approximate surface area is 143 Å². The van der Waals surface area contributed by atoms with Crippen LogP contribution < -0.4 is 10.6 Å². The summed E-state index contributed by atoms with van der Waals surface area (Å²) in [5.74, 6) is 0. The van der Waals surface area contributed by atoms with Gasteiger partial charge >= 0.3 is 14.0 Å². The molecular formula is C14H34F3N2O4P. The smallest absolute Gasteiger partial charge is 0.317 e. The first-order valence-corrected chi connectivity index (χ1v) is 9.75. The Morgan fingerprint density at radius 1 is 0.833 bits per heavy atom. The molecule has 0 amide bonds. The second-order valence-corrected chi connectivity index (χ2v) is 6.12. The summed E-state index contributed by atoms with van der Waals surface area (Å²) in [5, 5.41) is 6.57. The van der Waals surface area contributed by atoms with Crippen LogP contribution >= 0.6 is 7.82 Å². The van der Waals surface area contributed by atoms with Gasteiger partial charge in [-0.05, 0) is 51.9 Å². The van der Waals surface area contributed by atoms with Gasteiger partial charge in [-0.2, -0.15) is 13.2 Å². The minimum atomic E-state index is -4.98. The number of hydrogen-bond donors (Lipinski definition) is 4. The molecule has 4 N–H and O–H groups in total. The summed E-state index contributed by atoms with van der Waals surface area (Å²) in [4.78, 5) is 15.5. The van der Waals surface area contributed by atoms with Crippen molar-refractivity contribution < 1.29 is 32.0 Å². The van der Waals surface area contributed by atoms with Crippen molar-refractivity contribution in [1.82, 2.24) is 10.6 Å². The van der Waals surface area contributed by atoms with E-state index in [1.54, 1.807) is 0 Å². The summed E-state index contributed by atoms with van der Waals surface area (Å²) in [5.41, 5.74) is 0. The maximum atomic E-state index is 11.1. The molecule has 10 heteroatoms. The Kier molecular flexibility index (Phi) is 22.8. The van der Waals surface area contributed by atoms with E-state index < -0.39 is 20.6 Å². The normalized spacial score (nSPS) is 11.2. The number of alkyl halides is 3. The van der Waals surface area contributed by atoms with E-state index in [1.165, 1.54) is 51.9 Å². The van der Waals surface area contributed by atoms with Gasteiger partial charge < -0.3 is 20.4 Å². The zero-order chi connectivity index (χ0) is 19.5. The van der Waals surface area contributed by atoms with Crippen LogP contribution in [0.2, 0.25) is 0 Å². The lowest BCUT2D eigenvalue weighted by Gasteiger charge is -2.07. The summed E-state index contributed by atoms with van der Waals surface area (Å²) >= 11 is 0. The molecule has 0 aromatic rings. The van der Waals surface area contributed by atoms with E-state index in [1.807, 2.05) is 0 Å². The minimum Gasteiger partial charge on any atom is -0.317 e. The van der Waals surface area contributed by atoms with Crippen molar-refractivity contribution >= 4 is 7.82 Å². The molecule has 24 heavy (non-hydrogen) atoms. The number of halogens is 3. The highest BCUT2D eigenvalue weighted by Gasteiger charge is 2.31. The number of phosphoric acid groups is 1. The van der Waals surface area contributed by atoms with Crippen LogP contribution in [0.5, 0.6) is 0 Å². The molecule has 0 aliphatic heterocycles. The largest absolute Gasteiger partial charge is 0.469 e. The number of hydrogen-bond acceptors (Lipinski definition) is 4. The van der Waals surface area contributed by atoms with Crippen molar-refractivity contribution in [1.29, 1.82) is 0 Å². The van der Waals surface area contributed by atoms with Crippen LogP contribution in [0.4, 0.5) is 13.2 Å². The van der Waals surface area contributed by atoms with Crippen molar-refractivity contribution in [2.45, 2.75) is 59.6 Å². The van der Waals surface area contributed by atoms with Gasteiger partial charge in [-0.3, -0.25) is 4.52 Å². The van der Waals surface area contributed by atoms with Gasteiger partial charge in [0.2, 0.25) is 0 Å². The second-order valence-electron chi connectivity index (χ2n) is 4.88. The molecule has 0 aliphatic rings. The van der Waals surface area contributed by atoms with E-state index >= 15 is 0 Å². The van der Waals surface area contributed by atoms with Gasteiger partial charge in [-0.15, -0.1) is 0 Å². The molecule has 0 heterocycles. The molecule has 0 saturated carbocycles. The van der Waals surface area contributed by atoms with E-state index in [-0.39, 0.29) is 0 Å². The first-order chi connectivity index (χ1) is 11.0. The molecule has 0 bridgehead atoms. The van der Waals surface area contributed by atoms with E-state index in [0.29, 0.717) is 0 Å². The summed E-state index contributed by atoms with van der Waals surface area (Å²) < 4.78 is 46.1. The third-order valence-corrected chi connectivity index (χ3v) is 2.57. The highest BCUT2D eigenvalue weighted by Crippen LogP contribution is 2.37. The average molecular weight is 382 g/mol. The number of nitrogens with one attached hydrogen (secondary N) is 2. The molecule has 0 fully saturated rings. The van der Waals surface area contributed by atoms with Crippen molar-refractivity contribution in [2.75, 3.05) is 32.8 Å². The molecule has 150 valence electrons. The summed E-state index contributed by atoms with van der Waals surface area (Å²) in [6.45, 7) is 11.5. The van der Waals surface area contributed by atoms with Gasteiger partial charge in [0.1, 0.15) is 0 Å². The quantitative estimate of drug-likeness (QED) is 0.342. The van der Waals surface area contributed by atoms with Crippen LogP contribution in [0.3, 0.4) is 0 Å². The molecule has 6 nitrogen and oxygen atoms in total. The SMILES string of the molecule is CCCNCCC.CCCNCCC.O=P(O)(O)OCC(F)(F)F. The molecule has 0 spiro atoms. The van der Waals surface area contributed by atoms with E-state index in [9.17, 15) is 17.7 Å². The van der Waals surface area contributed by atoms with Gasteiger partial charge in [0.15, 0.2) is 6.61 Å². The number of rotatable bonds is 10. The molecule has 0 aromatic carbocycles. The zero-order valence-electron chi connectivity index (χ0n) is 15.2. The van der Waals surface area contributed by atoms with Crippen molar-refractivity contribution in [2.24, 2.45) is 0 Å².